The molecular weight excluding hydrogens is 365 g/mol. The van der Waals surface area contributed by atoms with E-state index in [1.54, 1.807) is 0 Å². The fraction of sp³-hybridized carbons (Fsp3) is 0.333. The van der Waals surface area contributed by atoms with Crippen LogP contribution in [-0.4, -0.2) is 15.6 Å². The second-order valence-electron chi connectivity index (χ2n) is 5.66. The number of aromatic nitrogens is 2. The first kappa shape index (κ1) is 13.6. The quantitative estimate of drug-likeness (QED) is 0.770. The van der Waals surface area contributed by atoms with Crippen LogP contribution in [0.2, 0.25) is 0 Å². The SMILES string of the molecule is Cc1nc(-c2cccc3c2OC(C)(C)C3)nc(N)c1I. The molecule has 1 aromatic carbocycles. The van der Waals surface area contributed by atoms with Crippen molar-refractivity contribution in [1.82, 2.24) is 9.97 Å². The number of fused-ring (bicyclic) bond motifs is 1. The maximum atomic E-state index is 6.07. The number of benzene rings is 1. The third-order valence-corrected chi connectivity index (χ3v) is 4.71. The molecule has 0 saturated carbocycles. The Morgan fingerprint density at radius 3 is 2.75 bits per heavy atom. The average molecular weight is 381 g/mol. The second kappa shape index (κ2) is 4.58. The van der Waals surface area contributed by atoms with Gasteiger partial charge in [0, 0.05) is 6.42 Å². The minimum atomic E-state index is -0.178. The van der Waals surface area contributed by atoms with E-state index < -0.39 is 0 Å². The molecule has 0 aliphatic carbocycles. The summed E-state index contributed by atoms with van der Waals surface area (Å²) in [6.45, 7) is 6.12. The predicted octanol–water partition coefficient (Wildman–Crippen LogP) is 3.35. The van der Waals surface area contributed by atoms with Gasteiger partial charge in [0.25, 0.3) is 0 Å². The van der Waals surface area contributed by atoms with E-state index >= 15 is 0 Å². The van der Waals surface area contributed by atoms with Crippen molar-refractivity contribution in [1.29, 1.82) is 0 Å². The molecule has 4 nitrogen and oxygen atoms in total. The Hall–Kier alpha value is -1.37. The lowest BCUT2D eigenvalue weighted by Gasteiger charge is -2.18. The third-order valence-electron chi connectivity index (χ3n) is 3.37. The van der Waals surface area contributed by atoms with E-state index in [9.17, 15) is 0 Å². The highest BCUT2D eigenvalue weighted by Crippen LogP contribution is 2.41. The van der Waals surface area contributed by atoms with Gasteiger partial charge in [-0.3, -0.25) is 0 Å². The van der Waals surface area contributed by atoms with Crippen LogP contribution in [0.5, 0.6) is 5.75 Å². The summed E-state index contributed by atoms with van der Waals surface area (Å²) in [5, 5.41) is 0. The van der Waals surface area contributed by atoms with Crippen LogP contribution in [-0.2, 0) is 6.42 Å². The van der Waals surface area contributed by atoms with Crippen molar-refractivity contribution in [2.75, 3.05) is 5.73 Å². The van der Waals surface area contributed by atoms with Gasteiger partial charge >= 0.3 is 0 Å². The summed E-state index contributed by atoms with van der Waals surface area (Å²) in [5.74, 6) is 2.04. The van der Waals surface area contributed by atoms with E-state index in [-0.39, 0.29) is 5.60 Å². The second-order valence-corrected chi connectivity index (χ2v) is 6.74. The number of nitrogen functional groups attached to an aromatic ring is 1. The first-order chi connectivity index (χ1) is 9.37. The van der Waals surface area contributed by atoms with Gasteiger partial charge in [0.2, 0.25) is 0 Å². The lowest BCUT2D eigenvalue weighted by atomic mass is 10.0. The Morgan fingerprint density at radius 1 is 1.30 bits per heavy atom. The van der Waals surface area contributed by atoms with Crippen molar-refractivity contribution in [3.63, 3.8) is 0 Å². The summed E-state index contributed by atoms with van der Waals surface area (Å²) >= 11 is 2.17. The molecule has 0 bridgehead atoms. The van der Waals surface area contributed by atoms with Gasteiger partial charge in [0.1, 0.15) is 17.2 Å². The molecule has 0 fully saturated rings. The molecule has 1 aliphatic rings. The zero-order valence-electron chi connectivity index (χ0n) is 11.7. The van der Waals surface area contributed by atoms with Crippen molar-refractivity contribution in [2.45, 2.75) is 32.8 Å². The van der Waals surface area contributed by atoms with Crippen LogP contribution in [0.15, 0.2) is 18.2 Å². The number of nitrogens with two attached hydrogens (primary N) is 1. The molecule has 2 aromatic rings. The highest BCUT2D eigenvalue weighted by molar-refractivity contribution is 14.1. The monoisotopic (exact) mass is 381 g/mol. The normalized spacial score (nSPS) is 15.8. The van der Waals surface area contributed by atoms with E-state index in [1.165, 1.54) is 5.56 Å². The highest BCUT2D eigenvalue weighted by atomic mass is 127. The van der Waals surface area contributed by atoms with Crippen LogP contribution < -0.4 is 10.5 Å². The zero-order chi connectivity index (χ0) is 14.5. The summed E-state index contributed by atoms with van der Waals surface area (Å²) < 4.78 is 6.97. The van der Waals surface area contributed by atoms with Crippen molar-refractivity contribution in [3.05, 3.63) is 33.0 Å². The molecule has 1 aromatic heterocycles. The van der Waals surface area contributed by atoms with Crippen LogP contribution in [0.4, 0.5) is 5.82 Å². The van der Waals surface area contributed by atoms with Crippen LogP contribution >= 0.6 is 22.6 Å². The van der Waals surface area contributed by atoms with Crippen molar-refractivity contribution in [2.24, 2.45) is 0 Å². The predicted molar refractivity (Wildman–Crippen MR) is 87.7 cm³/mol. The smallest absolute Gasteiger partial charge is 0.165 e. The first-order valence-corrected chi connectivity index (χ1v) is 7.56. The van der Waals surface area contributed by atoms with Gasteiger partial charge in [0.05, 0.1) is 14.8 Å². The Balaban J connectivity index is 2.16. The largest absolute Gasteiger partial charge is 0.486 e. The third kappa shape index (κ3) is 2.24. The van der Waals surface area contributed by atoms with Crippen molar-refractivity contribution in [3.8, 4) is 17.1 Å². The van der Waals surface area contributed by atoms with Crippen molar-refractivity contribution >= 4 is 28.4 Å². The lowest BCUT2D eigenvalue weighted by Crippen LogP contribution is -2.24. The molecule has 0 spiro atoms. The van der Waals surface area contributed by atoms with E-state index in [2.05, 4.69) is 52.5 Å². The molecule has 0 unspecified atom stereocenters. The van der Waals surface area contributed by atoms with Crippen LogP contribution in [0, 0.1) is 10.5 Å². The molecule has 104 valence electrons. The average Bonchev–Trinajstić information content (AvgIpc) is 2.68. The van der Waals surface area contributed by atoms with Gasteiger partial charge in [-0.1, -0.05) is 12.1 Å². The molecule has 0 radical (unpaired) electrons. The van der Waals surface area contributed by atoms with Crippen LogP contribution in [0.25, 0.3) is 11.4 Å². The molecule has 3 rings (SSSR count). The van der Waals surface area contributed by atoms with Gasteiger partial charge in [-0.2, -0.15) is 0 Å². The molecule has 5 heteroatoms. The number of halogens is 1. The van der Waals surface area contributed by atoms with Crippen LogP contribution in [0.1, 0.15) is 25.1 Å². The summed E-state index contributed by atoms with van der Waals surface area (Å²) in [6, 6.07) is 6.10. The summed E-state index contributed by atoms with van der Waals surface area (Å²) in [7, 11) is 0. The molecule has 0 atom stereocenters. The van der Waals surface area contributed by atoms with Gasteiger partial charge in [0.15, 0.2) is 5.82 Å². The number of para-hydroxylation sites is 1. The number of nitrogens with zero attached hydrogens (tertiary/aromatic N) is 2. The number of hydrogen-bond donors (Lipinski definition) is 1. The Morgan fingerprint density at radius 2 is 2.05 bits per heavy atom. The maximum absolute atomic E-state index is 6.07. The molecule has 0 saturated heterocycles. The van der Waals surface area contributed by atoms with E-state index in [4.69, 9.17) is 10.5 Å². The fourth-order valence-electron chi connectivity index (χ4n) is 2.49. The van der Waals surface area contributed by atoms with Gasteiger partial charge in [-0.15, -0.1) is 0 Å². The maximum Gasteiger partial charge on any atom is 0.165 e. The molecule has 20 heavy (non-hydrogen) atoms. The minimum absolute atomic E-state index is 0.178. The Bertz CT molecular complexity index is 675. The topological polar surface area (TPSA) is 61.0 Å². The van der Waals surface area contributed by atoms with Crippen LogP contribution in [0.3, 0.4) is 0 Å². The molecule has 1 aliphatic heterocycles. The minimum Gasteiger partial charge on any atom is -0.486 e. The number of aryl methyl sites for hydroxylation is 1. The standard InChI is InChI=1S/C15H16IN3O/c1-8-11(16)13(17)19-14(18-8)10-6-4-5-9-7-15(2,3)20-12(9)10/h4-6H,7H2,1-3H3,(H2,17,18,19). The van der Waals surface area contributed by atoms with E-state index in [0.29, 0.717) is 11.6 Å². The van der Waals surface area contributed by atoms with Gasteiger partial charge in [-0.05, 0) is 55.0 Å². The van der Waals surface area contributed by atoms with E-state index in [0.717, 1.165) is 27.0 Å². The van der Waals surface area contributed by atoms with Gasteiger partial charge < -0.3 is 10.5 Å². The molecular formula is C15H16IN3O. The number of hydrogen-bond acceptors (Lipinski definition) is 4. The molecule has 2 N–H and O–H groups in total. The molecule has 2 heterocycles. The van der Waals surface area contributed by atoms with Crippen molar-refractivity contribution < 1.29 is 4.74 Å². The van der Waals surface area contributed by atoms with Gasteiger partial charge in [-0.25, -0.2) is 9.97 Å². The highest BCUT2D eigenvalue weighted by Gasteiger charge is 2.32. The lowest BCUT2D eigenvalue weighted by molar-refractivity contribution is 0.139. The number of ether oxygens (including phenoxy) is 1. The Kier molecular flexibility index (Phi) is 3.12. The fourth-order valence-corrected chi connectivity index (χ4v) is 2.73. The zero-order valence-corrected chi connectivity index (χ0v) is 13.9. The number of anilines is 1. The summed E-state index contributed by atoms with van der Waals surface area (Å²) in [5.41, 5.74) is 8.79. The summed E-state index contributed by atoms with van der Waals surface area (Å²) in [4.78, 5) is 8.96. The molecule has 0 amide bonds. The Labute approximate surface area is 131 Å². The number of rotatable bonds is 1. The first-order valence-electron chi connectivity index (χ1n) is 6.48. The summed E-state index contributed by atoms with van der Waals surface area (Å²) in [6.07, 6.45) is 0.898. The van der Waals surface area contributed by atoms with E-state index in [1.807, 2.05) is 19.1 Å².